The van der Waals surface area contributed by atoms with Crippen LogP contribution < -0.4 is 0 Å². The van der Waals surface area contributed by atoms with Crippen LogP contribution in [0.15, 0.2) is 0 Å². The quantitative estimate of drug-likeness (QED) is 0.499. The molecule has 9 nitrogen and oxygen atoms in total. The molecule has 0 aromatic rings. The summed E-state index contributed by atoms with van der Waals surface area (Å²) < 4.78 is 37.3. The van der Waals surface area contributed by atoms with Crippen LogP contribution in [0.3, 0.4) is 0 Å². The molecule has 1 aliphatic rings. The summed E-state index contributed by atoms with van der Waals surface area (Å²) in [5, 5.41) is 0. The Morgan fingerprint density at radius 2 is 1.13 bits per heavy atom. The first-order valence-corrected chi connectivity index (χ1v) is 8.93. The molecular weight excluding hydrogens is 331 g/mol. The summed E-state index contributed by atoms with van der Waals surface area (Å²) in [6.45, 7) is 6.10. The Labute approximate surface area is 135 Å². The van der Waals surface area contributed by atoms with Crippen molar-refractivity contribution >= 4 is 19.7 Å². The van der Waals surface area contributed by atoms with Crippen LogP contribution in [-0.2, 0) is 41.7 Å². The summed E-state index contributed by atoms with van der Waals surface area (Å²) in [5.74, 6) is -1.65. The average Bonchev–Trinajstić information content (AvgIpc) is 2.77. The van der Waals surface area contributed by atoms with Gasteiger partial charge < -0.3 is 0 Å². The first-order valence-electron chi connectivity index (χ1n) is 7.10. The molecule has 0 bridgehead atoms. The Morgan fingerprint density at radius 3 is 1.35 bits per heavy atom. The van der Waals surface area contributed by atoms with Crippen molar-refractivity contribution in [1.82, 2.24) is 0 Å². The van der Waals surface area contributed by atoms with Crippen molar-refractivity contribution in [2.24, 2.45) is 0 Å². The molecule has 1 saturated heterocycles. The van der Waals surface area contributed by atoms with Gasteiger partial charge >= 0.3 is 135 Å². The maximum atomic E-state index is 12.5. The van der Waals surface area contributed by atoms with Gasteiger partial charge in [0.2, 0.25) is 0 Å². The van der Waals surface area contributed by atoms with Gasteiger partial charge in [0.05, 0.1) is 0 Å². The number of hydrogen-bond acceptors (Lipinski definition) is 9. The predicted octanol–water partition coefficient (Wildman–Crippen LogP) is 1.74. The number of rotatable bonds is 7. The van der Waals surface area contributed by atoms with E-state index in [-0.39, 0.29) is 13.2 Å². The van der Waals surface area contributed by atoms with Gasteiger partial charge in [-0.05, 0) is 0 Å². The minimum atomic E-state index is -4.65. The van der Waals surface area contributed by atoms with E-state index >= 15 is 0 Å². The van der Waals surface area contributed by atoms with Gasteiger partial charge in [0.25, 0.3) is 0 Å². The number of carbonyl (C=O) groups is 2. The molecule has 1 aliphatic heterocycles. The zero-order valence-corrected chi connectivity index (χ0v) is 15.4. The SMILES string of the molecule is CCOC(=O)C1(C)OP(OC)(OC)(OC)OC1(C)C(=O)OCC. The summed E-state index contributed by atoms with van der Waals surface area (Å²) in [7, 11) is -0.960. The minimum absolute atomic E-state index is 0.0829. The van der Waals surface area contributed by atoms with Crippen LogP contribution >= 0.6 is 7.74 Å². The fourth-order valence-corrected chi connectivity index (χ4v) is 4.86. The van der Waals surface area contributed by atoms with Gasteiger partial charge in [0, 0.05) is 0 Å². The van der Waals surface area contributed by atoms with Gasteiger partial charge in [-0.2, -0.15) is 0 Å². The molecule has 10 heteroatoms. The summed E-state index contributed by atoms with van der Waals surface area (Å²) in [5.41, 5.74) is -3.79. The second-order valence-corrected chi connectivity index (χ2v) is 7.93. The third-order valence-corrected chi connectivity index (χ3v) is 6.91. The zero-order valence-electron chi connectivity index (χ0n) is 14.5. The molecular formula is C13H25O9P. The zero-order chi connectivity index (χ0) is 18.0. The fourth-order valence-electron chi connectivity index (χ4n) is 2.24. The molecule has 0 radical (unpaired) electrons. The normalized spacial score (nSPS) is 33.4. The molecule has 0 aliphatic carbocycles. The second-order valence-electron chi connectivity index (χ2n) is 4.98. The van der Waals surface area contributed by atoms with Crippen molar-refractivity contribution in [3.63, 3.8) is 0 Å². The van der Waals surface area contributed by atoms with Crippen molar-refractivity contribution in [2.75, 3.05) is 34.5 Å². The van der Waals surface area contributed by atoms with E-state index in [1.807, 2.05) is 0 Å². The number of carbonyl (C=O) groups excluding carboxylic acids is 2. The summed E-state index contributed by atoms with van der Waals surface area (Å²) in [6.07, 6.45) is 0. The van der Waals surface area contributed by atoms with Crippen molar-refractivity contribution in [3.8, 4) is 0 Å². The summed E-state index contributed by atoms with van der Waals surface area (Å²) in [6, 6.07) is 0. The van der Waals surface area contributed by atoms with Crippen molar-refractivity contribution in [2.45, 2.75) is 38.9 Å². The Balaban J connectivity index is 3.50. The number of ether oxygens (including phenoxy) is 2. The van der Waals surface area contributed by atoms with E-state index in [0.29, 0.717) is 0 Å². The monoisotopic (exact) mass is 356 g/mol. The van der Waals surface area contributed by atoms with E-state index in [9.17, 15) is 9.59 Å². The van der Waals surface area contributed by atoms with Gasteiger partial charge in [0.1, 0.15) is 0 Å². The van der Waals surface area contributed by atoms with Crippen molar-refractivity contribution in [3.05, 3.63) is 0 Å². The van der Waals surface area contributed by atoms with Crippen LogP contribution in [-0.4, -0.2) is 57.7 Å². The Morgan fingerprint density at radius 1 is 0.826 bits per heavy atom. The molecule has 2 atom stereocenters. The van der Waals surface area contributed by atoms with Crippen LogP contribution in [0.2, 0.25) is 0 Å². The van der Waals surface area contributed by atoms with Crippen molar-refractivity contribution in [1.29, 1.82) is 0 Å². The van der Waals surface area contributed by atoms with Gasteiger partial charge in [-0.15, -0.1) is 0 Å². The second kappa shape index (κ2) is 6.58. The maximum absolute atomic E-state index is 12.5. The summed E-state index contributed by atoms with van der Waals surface area (Å²) >= 11 is 0. The molecule has 1 rings (SSSR count). The first-order chi connectivity index (χ1) is 10.6. The van der Waals surface area contributed by atoms with Crippen LogP contribution in [0.5, 0.6) is 0 Å². The number of esters is 2. The molecule has 0 N–H and O–H groups in total. The predicted molar refractivity (Wildman–Crippen MR) is 80.2 cm³/mol. The molecule has 0 spiro atoms. The van der Waals surface area contributed by atoms with Crippen LogP contribution in [0.4, 0.5) is 0 Å². The molecule has 0 aromatic heterocycles. The van der Waals surface area contributed by atoms with Gasteiger partial charge in [-0.1, -0.05) is 0 Å². The summed E-state index contributed by atoms with van der Waals surface area (Å²) in [4.78, 5) is 25.0. The van der Waals surface area contributed by atoms with E-state index in [4.69, 9.17) is 32.1 Å². The standard InChI is InChI=1S/C13H25O9P/c1-8-19-10(14)12(3)13(4,11(15)20-9-2)22-23(16-5,17-6,18-7)21-12/h8-9H2,1-7H3. The van der Waals surface area contributed by atoms with Crippen LogP contribution in [0, 0.1) is 0 Å². The average molecular weight is 356 g/mol. The molecule has 0 amide bonds. The van der Waals surface area contributed by atoms with E-state index in [2.05, 4.69) is 0 Å². The van der Waals surface area contributed by atoms with E-state index in [1.165, 1.54) is 35.2 Å². The first kappa shape index (κ1) is 20.2. The number of hydrogen-bond donors (Lipinski definition) is 0. The van der Waals surface area contributed by atoms with Gasteiger partial charge in [-0.3, -0.25) is 0 Å². The fraction of sp³-hybridized carbons (Fsp3) is 0.846. The van der Waals surface area contributed by atoms with E-state index in [0.717, 1.165) is 0 Å². The molecule has 23 heavy (non-hydrogen) atoms. The Kier molecular flexibility index (Phi) is 5.79. The molecule has 1 heterocycles. The Bertz CT molecular complexity index is 431. The van der Waals surface area contributed by atoms with Crippen LogP contribution in [0.25, 0.3) is 0 Å². The molecule has 136 valence electrons. The van der Waals surface area contributed by atoms with Crippen molar-refractivity contribution < 1.29 is 41.7 Å². The topological polar surface area (TPSA) is 98.8 Å². The Hall–Kier alpha value is -0.830. The van der Waals surface area contributed by atoms with Crippen LogP contribution in [0.1, 0.15) is 27.7 Å². The molecule has 2 unspecified atom stereocenters. The third-order valence-electron chi connectivity index (χ3n) is 3.80. The van der Waals surface area contributed by atoms with E-state index < -0.39 is 30.9 Å². The molecule has 0 aromatic carbocycles. The molecule has 1 fully saturated rings. The van der Waals surface area contributed by atoms with E-state index in [1.54, 1.807) is 13.8 Å². The van der Waals surface area contributed by atoms with Gasteiger partial charge in [0.15, 0.2) is 0 Å². The third kappa shape index (κ3) is 2.86. The van der Waals surface area contributed by atoms with Gasteiger partial charge in [-0.25, -0.2) is 0 Å². The molecule has 0 saturated carbocycles.